The fourth-order valence-electron chi connectivity index (χ4n) is 12.4. The van der Waals surface area contributed by atoms with Crippen molar-refractivity contribution in [2.45, 2.75) is 399 Å². The third-order valence-corrected chi connectivity index (χ3v) is 21.3. The van der Waals surface area contributed by atoms with Crippen LogP contribution in [0.25, 0.3) is 0 Å². The third-order valence-electron chi connectivity index (χ3n) is 19.4. The van der Waals surface area contributed by atoms with Gasteiger partial charge in [-0.05, 0) is 154 Å². The van der Waals surface area contributed by atoms with E-state index in [1.54, 1.807) is 0 Å². The summed E-state index contributed by atoms with van der Waals surface area (Å²) in [4.78, 5) is 58.9. The van der Waals surface area contributed by atoms with Crippen molar-refractivity contribution in [2.24, 2.45) is 0 Å². The van der Waals surface area contributed by atoms with Gasteiger partial charge in [0.15, 0.2) is 6.10 Å². The summed E-state index contributed by atoms with van der Waals surface area (Å²) in [6, 6.07) is 0. The topological polar surface area (TPSA) is 231 Å². The largest absolute Gasteiger partial charge is 0.472 e. The highest BCUT2D eigenvalue weighted by atomic mass is 31.2. The molecule has 0 aliphatic heterocycles. The number of phosphoric ester groups is 2. The van der Waals surface area contributed by atoms with E-state index in [-0.39, 0.29) is 19.3 Å². The van der Waals surface area contributed by atoms with E-state index in [4.69, 9.17) is 32.3 Å². The second-order valence-electron chi connectivity index (χ2n) is 30.7. The van der Waals surface area contributed by atoms with Crippen molar-refractivity contribution in [2.75, 3.05) is 39.6 Å². The minimum absolute atomic E-state index is 0.0858. The molecule has 0 amide bonds. The number of unbranched alkanes of at least 4 members (excludes halogenated alkanes) is 36. The first-order valence-corrected chi connectivity index (χ1v) is 49.4. The molecular weight excluding hydrogens is 1510 g/mol. The average molecular weight is 1680 g/mol. The van der Waals surface area contributed by atoms with Crippen LogP contribution in [-0.2, 0) is 55.8 Å². The molecule has 0 spiro atoms. The molecule has 0 radical (unpaired) electrons. The SMILES string of the molecule is CC/C=C\C/C=C\C/C=C\C/C=C\C/C=C\C/C=C\CCCCCCCCCCCCCCCCCCC(=O)OCC(O)COP(=O)(O)OCC(O)COP(=O)(O)OCC(COC(=O)CCCCCCCCCCCCCC/C=C\C/C=C\C/C=C\C/C=C\C/C=C\C/C=C\CC)OC(=O)CCCCCCC/C=C\C/C=C\CCCCC. The second kappa shape index (κ2) is 90.2. The second-order valence-corrected chi connectivity index (χ2v) is 33.6. The van der Waals surface area contributed by atoms with Gasteiger partial charge in [0.05, 0.1) is 26.4 Å². The molecule has 0 rings (SSSR count). The minimum atomic E-state index is -4.94. The summed E-state index contributed by atoms with van der Waals surface area (Å²) in [5.41, 5.74) is 0. The van der Waals surface area contributed by atoms with Crippen molar-refractivity contribution in [3.05, 3.63) is 170 Å². The maximum Gasteiger partial charge on any atom is 0.472 e. The van der Waals surface area contributed by atoms with Gasteiger partial charge in [0.1, 0.15) is 25.4 Å². The number of rotatable bonds is 87. The van der Waals surface area contributed by atoms with Crippen molar-refractivity contribution >= 4 is 33.6 Å². The molecule has 0 aromatic rings. The first-order valence-electron chi connectivity index (χ1n) is 46.4. The van der Waals surface area contributed by atoms with Gasteiger partial charge in [-0.25, -0.2) is 9.13 Å². The molecule has 0 saturated carbocycles. The molecule has 16 nitrogen and oxygen atoms in total. The zero-order chi connectivity index (χ0) is 85.1. The molecule has 0 heterocycles. The summed E-state index contributed by atoms with van der Waals surface area (Å²) >= 11 is 0. The van der Waals surface area contributed by atoms with Gasteiger partial charge in [-0.1, -0.05) is 377 Å². The Morgan fingerprint density at radius 2 is 0.453 bits per heavy atom. The van der Waals surface area contributed by atoms with E-state index in [1.165, 1.54) is 148 Å². The molecule has 117 heavy (non-hydrogen) atoms. The molecule has 0 saturated heterocycles. The van der Waals surface area contributed by atoms with Crippen LogP contribution in [0.15, 0.2) is 170 Å². The minimum Gasteiger partial charge on any atom is -0.463 e. The fourth-order valence-corrected chi connectivity index (χ4v) is 14.0. The molecule has 670 valence electrons. The molecular formula is C99H168O16P2. The molecule has 5 atom stereocenters. The number of carbonyl (C=O) groups excluding carboxylic acids is 3. The van der Waals surface area contributed by atoms with Crippen molar-refractivity contribution in [3.8, 4) is 0 Å². The van der Waals surface area contributed by atoms with Crippen LogP contribution >= 0.6 is 15.6 Å². The highest BCUT2D eigenvalue weighted by molar-refractivity contribution is 7.47. The number of allylic oxidation sites excluding steroid dienone is 28. The van der Waals surface area contributed by atoms with Crippen LogP contribution in [0.3, 0.4) is 0 Å². The molecule has 0 aliphatic rings. The van der Waals surface area contributed by atoms with Crippen LogP contribution in [0.4, 0.5) is 0 Å². The summed E-state index contributed by atoms with van der Waals surface area (Å²) in [6.45, 7) is 2.45. The van der Waals surface area contributed by atoms with Crippen LogP contribution in [0.2, 0.25) is 0 Å². The lowest BCUT2D eigenvalue weighted by molar-refractivity contribution is -0.161. The molecule has 0 aromatic carbocycles. The van der Waals surface area contributed by atoms with E-state index < -0.39 is 91.5 Å². The van der Waals surface area contributed by atoms with E-state index in [0.29, 0.717) is 19.3 Å². The molecule has 0 aromatic heterocycles. The summed E-state index contributed by atoms with van der Waals surface area (Å²) in [6.07, 6.45) is 117. The molecule has 18 heteroatoms. The zero-order valence-corrected chi connectivity index (χ0v) is 75.6. The van der Waals surface area contributed by atoms with Crippen molar-refractivity contribution in [1.82, 2.24) is 0 Å². The first kappa shape index (κ1) is 112. The maximum atomic E-state index is 13.0. The van der Waals surface area contributed by atoms with Gasteiger partial charge in [0.25, 0.3) is 0 Å². The molecule has 4 N–H and O–H groups in total. The molecule has 0 fully saturated rings. The summed E-state index contributed by atoms with van der Waals surface area (Å²) < 4.78 is 61.4. The molecule has 0 aliphatic carbocycles. The van der Waals surface area contributed by atoms with E-state index in [1.807, 2.05) is 0 Å². The van der Waals surface area contributed by atoms with Crippen LogP contribution in [0.1, 0.15) is 380 Å². The third kappa shape index (κ3) is 91.5. The van der Waals surface area contributed by atoms with E-state index in [0.717, 1.165) is 173 Å². The number of hydrogen-bond donors (Lipinski definition) is 4. The Balaban J connectivity index is 4.45. The Hall–Kier alpha value is -5.09. The number of phosphoric acid groups is 2. The van der Waals surface area contributed by atoms with Crippen LogP contribution < -0.4 is 0 Å². The van der Waals surface area contributed by atoms with Crippen molar-refractivity contribution in [1.29, 1.82) is 0 Å². The van der Waals surface area contributed by atoms with Gasteiger partial charge in [-0.15, -0.1) is 0 Å². The van der Waals surface area contributed by atoms with Crippen molar-refractivity contribution < 1.29 is 75.8 Å². The molecule has 5 unspecified atom stereocenters. The number of carbonyl (C=O) groups is 3. The van der Waals surface area contributed by atoms with Crippen LogP contribution in [0, 0.1) is 0 Å². The number of ether oxygens (including phenoxy) is 3. The Bertz CT molecular complexity index is 2810. The predicted molar refractivity (Wildman–Crippen MR) is 491 cm³/mol. The Morgan fingerprint density at radius 3 is 0.718 bits per heavy atom. The predicted octanol–water partition coefficient (Wildman–Crippen LogP) is 28.7. The highest BCUT2D eigenvalue weighted by Gasteiger charge is 2.29. The van der Waals surface area contributed by atoms with Gasteiger partial charge in [-0.3, -0.25) is 32.5 Å². The quantitative estimate of drug-likeness (QED) is 0.0146. The normalized spacial score (nSPS) is 14.6. The number of esters is 3. The zero-order valence-electron chi connectivity index (χ0n) is 73.8. The van der Waals surface area contributed by atoms with Gasteiger partial charge in [0, 0.05) is 19.3 Å². The fraction of sp³-hybridized carbons (Fsp3) is 0.687. The highest BCUT2D eigenvalue weighted by Crippen LogP contribution is 2.45. The maximum absolute atomic E-state index is 13.0. The summed E-state index contributed by atoms with van der Waals surface area (Å²) in [7, 11) is -9.81. The summed E-state index contributed by atoms with van der Waals surface area (Å²) in [5.74, 6) is -1.59. The Morgan fingerprint density at radius 1 is 0.248 bits per heavy atom. The van der Waals surface area contributed by atoms with Gasteiger partial charge >= 0.3 is 33.6 Å². The monoisotopic (exact) mass is 1680 g/mol. The Kier molecular flexibility index (Phi) is 86.2. The first-order chi connectivity index (χ1) is 57.2. The summed E-state index contributed by atoms with van der Waals surface area (Å²) in [5, 5.41) is 20.7. The standard InChI is InChI=1S/C99H168O16P2/c1-4-7-10-13-16-19-22-25-28-30-32-34-36-38-40-42-44-45-46-47-49-51-52-54-56-58-60-62-65-67-70-73-76-79-82-85-97(102)109-88-94(100)89-111-116(105,106)112-90-95(101)91-113-117(107,108)114-93-96(115-99(104)87-84-81-78-75-72-69-64-27-24-21-18-15-12-9-6-3)92-110-98(103)86-83-80-77-74-71-68-66-63-61-59-57-55-53-50-48-43-41-39-37-35-33-31-29-26-23-20-17-14-11-8-5-2/h7-8,10-11,16-21,25-29,32-35,38-41,44-45,48,50,64,94-96,100-101H,4-6,9,12-15,22-24,30-31,36-37,42-43,46-47,49,51-63,65-93H2,1-3H3,(H,105,106)(H,107,108)/b10-7-,11-8-,19-16-,20-17-,21-18-,28-25-,29-26-,34-32-,35-33-,40-38-,41-39-,45-44-,50-48-,64-27-. The number of aliphatic hydroxyl groups is 2. The van der Waals surface area contributed by atoms with E-state index in [2.05, 4.69) is 191 Å². The van der Waals surface area contributed by atoms with Gasteiger partial charge in [0.2, 0.25) is 0 Å². The van der Waals surface area contributed by atoms with Crippen LogP contribution in [-0.4, -0.2) is 95.9 Å². The lowest BCUT2D eigenvalue weighted by atomic mass is 10.0. The Labute approximate surface area is 713 Å². The van der Waals surface area contributed by atoms with Gasteiger partial charge < -0.3 is 34.2 Å². The number of aliphatic hydroxyl groups excluding tert-OH is 2. The average Bonchev–Trinajstić information content (AvgIpc) is 0.886. The smallest absolute Gasteiger partial charge is 0.463 e. The molecule has 0 bridgehead atoms. The van der Waals surface area contributed by atoms with Gasteiger partial charge in [-0.2, -0.15) is 0 Å². The number of hydrogen-bond acceptors (Lipinski definition) is 14. The van der Waals surface area contributed by atoms with E-state index in [9.17, 15) is 43.5 Å². The van der Waals surface area contributed by atoms with E-state index >= 15 is 0 Å². The lowest BCUT2D eigenvalue weighted by Gasteiger charge is -2.21. The van der Waals surface area contributed by atoms with Crippen LogP contribution in [0.5, 0.6) is 0 Å². The van der Waals surface area contributed by atoms with Crippen molar-refractivity contribution in [3.63, 3.8) is 0 Å². The lowest BCUT2D eigenvalue weighted by Crippen LogP contribution is -2.30.